The molecule has 0 aromatic heterocycles. The topological polar surface area (TPSA) is 50.8 Å². The van der Waals surface area contributed by atoms with Gasteiger partial charge < -0.3 is 19.7 Å². The fourth-order valence-electron chi connectivity index (χ4n) is 3.72. The SMILES string of the molecule is CCOC1(C(=O)Nc2ccc(OCCN(CC)CC)cc2)CCCCCC1. The van der Waals surface area contributed by atoms with Crippen molar-refractivity contribution in [3.05, 3.63) is 24.3 Å². The Labute approximate surface area is 164 Å². The average Bonchev–Trinajstić information content (AvgIpc) is 2.93. The first-order valence-corrected chi connectivity index (χ1v) is 10.5. The van der Waals surface area contributed by atoms with E-state index in [4.69, 9.17) is 9.47 Å². The lowest BCUT2D eigenvalue weighted by Gasteiger charge is -2.31. The van der Waals surface area contributed by atoms with Crippen LogP contribution in [0.2, 0.25) is 0 Å². The fraction of sp³-hybridized carbons (Fsp3) is 0.682. The molecule has 0 unspecified atom stereocenters. The minimum absolute atomic E-state index is 0.0125. The molecule has 1 N–H and O–H groups in total. The van der Waals surface area contributed by atoms with Crippen LogP contribution in [0.3, 0.4) is 0 Å². The Morgan fingerprint density at radius 2 is 1.67 bits per heavy atom. The number of nitrogens with one attached hydrogen (secondary N) is 1. The maximum atomic E-state index is 13.0. The summed E-state index contributed by atoms with van der Waals surface area (Å²) in [5, 5.41) is 3.06. The van der Waals surface area contributed by atoms with Gasteiger partial charge >= 0.3 is 0 Å². The van der Waals surface area contributed by atoms with Gasteiger partial charge in [-0.15, -0.1) is 0 Å². The van der Waals surface area contributed by atoms with Crippen molar-refractivity contribution in [2.24, 2.45) is 0 Å². The lowest BCUT2D eigenvalue weighted by Crippen LogP contribution is -2.45. The van der Waals surface area contributed by atoms with Crippen molar-refractivity contribution in [2.45, 2.75) is 64.9 Å². The van der Waals surface area contributed by atoms with E-state index in [1.807, 2.05) is 31.2 Å². The van der Waals surface area contributed by atoms with Gasteiger partial charge in [-0.2, -0.15) is 0 Å². The largest absolute Gasteiger partial charge is 0.492 e. The smallest absolute Gasteiger partial charge is 0.256 e. The van der Waals surface area contributed by atoms with E-state index in [0.717, 1.165) is 56.8 Å². The van der Waals surface area contributed by atoms with Crippen molar-refractivity contribution < 1.29 is 14.3 Å². The first-order chi connectivity index (χ1) is 13.1. The van der Waals surface area contributed by atoms with Gasteiger partial charge in [0, 0.05) is 18.8 Å². The van der Waals surface area contributed by atoms with Gasteiger partial charge in [0.25, 0.3) is 5.91 Å². The number of amides is 1. The highest BCUT2D eigenvalue weighted by atomic mass is 16.5. The Morgan fingerprint density at radius 3 is 2.22 bits per heavy atom. The summed E-state index contributed by atoms with van der Waals surface area (Å²) in [6, 6.07) is 7.64. The first kappa shape index (κ1) is 21.7. The van der Waals surface area contributed by atoms with Gasteiger partial charge in [-0.3, -0.25) is 4.79 Å². The van der Waals surface area contributed by atoms with Gasteiger partial charge in [0.15, 0.2) is 0 Å². The van der Waals surface area contributed by atoms with Crippen LogP contribution in [0, 0.1) is 0 Å². The summed E-state index contributed by atoms with van der Waals surface area (Å²) in [5.41, 5.74) is 0.115. The third kappa shape index (κ3) is 6.51. The lowest BCUT2D eigenvalue weighted by molar-refractivity contribution is -0.143. The molecule has 27 heavy (non-hydrogen) atoms. The van der Waals surface area contributed by atoms with E-state index in [0.29, 0.717) is 13.2 Å². The molecule has 1 aliphatic carbocycles. The number of likely N-dealkylation sites (N-methyl/N-ethyl adjacent to an activating group) is 1. The second-order valence-corrected chi connectivity index (χ2v) is 7.20. The van der Waals surface area contributed by atoms with E-state index in [1.165, 1.54) is 12.8 Å². The Balaban J connectivity index is 1.91. The zero-order valence-electron chi connectivity index (χ0n) is 17.3. The van der Waals surface area contributed by atoms with Gasteiger partial charge in [0.05, 0.1) is 0 Å². The number of anilines is 1. The standard InChI is InChI=1S/C22H36N2O3/c1-4-24(5-2)17-18-26-20-13-11-19(12-14-20)23-21(25)22(27-6-3)15-9-7-8-10-16-22/h11-14H,4-10,15-18H2,1-3H3,(H,23,25). The zero-order valence-corrected chi connectivity index (χ0v) is 17.3. The fourth-order valence-corrected chi connectivity index (χ4v) is 3.72. The van der Waals surface area contributed by atoms with E-state index >= 15 is 0 Å². The molecule has 152 valence electrons. The molecule has 0 heterocycles. The molecule has 2 rings (SSSR count). The number of ether oxygens (including phenoxy) is 2. The number of hydrogen-bond acceptors (Lipinski definition) is 4. The van der Waals surface area contributed by atoms with Crippen molar-refractivity contribution >= 4 is 11.6 Å². The molecule has 0 bridgehead atoms. The van der Waals surface area contributed by atoms with Crippen molar-refractivity contribution in [3.63, 3.8) is 0 Å². The van der Waals surface area contributed by atoms with Crippen LogP contribution in [0.5, 0.6) is 5.75 Å². The molecule has 5 heteroatoms. The molecular weight excluding hydrogens is 340 g/mol. The van der Waals surface area contributed by atoms with Crippen LogP contribution in [0.15, 0.2) is 24.3 Å². The molecule has 1 saturated carbocycles. The molecule has 0 spiro atoms. The predicted molar refractivity (Wildman–Crippen MR) is 110 cm³/mol. The molecular formula is C22H36N2O3. The van der Waals surface area contributed by atoms with E-state index in [9.17, 15) is 4.79 Å². The molecule has 1 fully saturated rings. The van der Waals surface area contributed by atoms with Gasteiger partial charge in [-0.05, 0) is 57.1 Å². The van der Waals surface area contributed by atoms with Crippen molar-refractivity contribution in [3.8, 4) is 5.75 Å². The molecule has 1 aromatic carbocycles. The number of benzene rings is 1. The Morgan fingerprint density at radius 1 is 1.04 bits per heavy atom. The predicted octanol–water partition coefficient (Wildman–Crippen LogP) is 4.48. The Kier molecular flexibility index (Phi) is 9.08. The molecule has 0 saturated heterocycles. The van der Waals surface area contributed by atoms with E-state index < -0.39 is 5.60 Å². The molecule has 5 nitrogen and oxygen atoms in total. The second-order valence-electron chi connectivity index (χ2n) is 7.20. The highest BCUT2D eigenvalue weighted by Crippen LogP contribution is 2.32. The van der Waals surface area contributed by atoms with Crippen LogP contribution in [0.25, 0.3) is 0 Å². The second kappa shape index (κ2) is 11.3. The summed E-state index contributed by atoms with van der Waals surface area (Å²) in [6.07, 6.45) is 6.07. The van der Waals surface area contributed by atoms with Crippen LogP contribution in [0.4, 0.5) is 5.69 Å². The van der Waals surface area contributed by atoms with Crippen LogP contribution in [-0.4, -0.2) is 49.3 Å². The zero-order chi connectivity index (χ0) is 19.5. The Bertz CT molecular complexity index is 547. The van der Waals surface area contributed by atoms with E-state index in [2.05, 4.69) is 24.1 Å². The Hall–Kier alpha value is -1.59. The number of rotatable bonds is 10. The van der Waals surface area contributed by atoms with Gasteiger partial charge in [0.1, 0.15) is 18.0 Å². The van der Waals surface area contributed by atoms with Crippen LogP contribution in [-0.2, 0) is 9.53 Å². The van der Waals surface area contributed by atoms with Gasteiger partial charge in [0.2, 0.25) is 0 Å². The van der Waals surface area contributed by atoms with Gasteiger partial charge in [-0.25, -0.2) is 0 Å². The maximum Gasteiger partial charge on any atom is 0.256 e. The molecule has 0 aliphatic heterocycles. The molecule has 0 atom stereocenters. The molecule has 1 aromatic rings. The van der Waals surface area contributed by atoms with E-state index in [1.54, 1.807) is 0 Å². The van der Waals surface area contributed by atoms with Crippen LogP contribution < -0.4 is 10.1 Å². The summed E-state index contributed by atoms with van der Waals surface area (Å²) < 4.78 is 11.8. The maximum absolute atomic E-state index is 13.0. The third-order valence-corrected chi connectivity index (χ3v) is 5.43. The number of hydrogen-bond donors (Lipinski definition) is 1. The van der Waals surface area contributed by atoms with Crippen molar-refractivity contribution in [1.82, 2.24) is 4.90 Å². The summed E-state index contributed by atoms with van der Waals surface area (Å²) >= 11 is 0. The highest BCUT2D eigenvalue weighted by Gasteiger charge is 2.39. The lowest BCUT2D eigenvalue weighted by atomic mass is 9.93. The number of nitrogens with zero attached hydrogens (tertiary/aromatic N) is 1. The highest BCUT2D eigenvalue weighted by molar-refractivity contribution is 5.97. The minimum atomic E-state index is -0.676. The van der Waals surface area contributed by atoms with Gasteiger partial charge in [-0.1, -0.05) is 39.5 Å². The minimum Gasteiger partial charge on any atom is -0.492 e. The summed E-state index contributed by atoms with van der Waals surface area (Å²) in [6.45, 7) is 10.5. The monoisotopic (exact) mass is 376 g/mol. The summed E-state index contributed by atoms with van der Waals surface area (Å²) in [4.78, 5) is 15.3. The number of carbonyl (C=O) groups is 1. The molecule has 1 amide bonds. The molecule has 1 aliphatic rings. The summed E-state index contributed by atoms with van der Waals surface area (Å²) in [5.74, 6) is 0.815. The van der Waals surface area contributed by atoms with E-state index in [-0.39, 0.29) is 5.91 Å². The van der Waals surface area contributed by atoms with Crippen molar-refractivity contribution in [1.29, 1.82) is 0 Å². The normalized spacial score (nSPS) is 16.7. The first-order valence-electron chi connectivity index (χ1n) is 10.5. The summed E-state index contributed by atoms with van der Waals surface area (Å²) in [7, 11) is 0. The van der Waals surface area contributed by atoms with Crippen molar-refractivity contribution in [2.75, 3.05) is 38.2 Å². The third-order valence-electron chi connectivity index (χ3n) is 5.43. The number of carbonyl (C=O) groups excluding carboxylic acids is 1. The quantitative estimate of drug-likeness (QED) is 0.612. The molecule has 0 radical (unpaired) electrons. The van der Waals surface area contributed by atoms with Crippen LogP contribution in [0.1, 0.15) is 59.3 Å². The average molecular weight is 377 g/mol. The van der Waals surface area contributed by atoms with Crippen LogP contribution >= 0.6 is 0 Å².